The highest BCUT2D eigenvalue weighted by Gasteiger charge is 2.15. The van der Waals surface area contributed by atoms with Gasteiger partial charge in [0.2, 0.25) is 0 Å². The van der Waals surface area contributed by atoms with E-state index in [1.54, 1.807) is 0 Å². The standard InChI is InChI=1S/C16H29NO2/c1-2-3-4-9-12-15(16(18)19)13-10-7-5-6-8-11-14-17/h15H,2-13H2,1H3,(H,18,19). The normalized spacial score (nSPS) is 12.0. The van der Waals surface area contributed by atoms with Crippen LogP contribution in [-0.4, -0.2) is 11.1 Å². The first-order chi connectivity index (χ1) is 9.22. The van der Waals surface area contributed by atoms with Gasteiger partial charge in [-0.3, -0.25) is 4.79 Å². The van der Waals surface area contributed by atoms with Gasteiger partial charge in [-0.15, -0.1) is 0 Å². The quantitative estimate of drug-likeness (QED) is 0.482. The van der Waals surface area contributed by atoms with Crippen LogP contribution in [0.25, 0.3) is 0 Å². The van der Waals surface area contributed by atoms with Crippen molar-refractivity contribution < 1.29 is 9.90 Å². The molecule has 0 radical (unpaired) electrons. The Morgan fingerprint density at radius 3 is 2.05 bits per heavy atom. The molecule has 0 fully saturated rings. The molecule has 0 amide bonds. The van der Waals surface area contributed by atoms with E-state index in [9.17, 15) is 4.79 Å². The molecule has 0 heterocycles. The number of nitriles is 1. The summed E-state index contributed by atoms with van der Waals surface area (Å²) in [5.41, 5.74) is 0. The predicted molar refractivity (Wildman–Crippen MR) is 77.8 cm³/mol. The smallest absolute Gasteiger partial charge is 0.306 e. The molecule has 1 N–H and O–H groups in total. The van der Waals surface area contributed by atoms with Gasteiger partial charge in [-0.2, -0.15) is 5.26 Å². The minimum atomic E-state index is -0.624. The van der Waals surface area contributed by atoms with Crippen molar-refractivity contribution >= 4 is 5.97 Å². The molecule has 0 bridgehead atoms. The third-order valence-corrected chi connectivity index (χ3v) is 3.60. The summed E-state index contributed by atoms with van der Waals surface area (Å²) in [4.78, 5) is 11.1. The van der Waals surface area contributed by atoms with Crippen LogP contribution in [0.5, 0.6) is 0 Å². The second-order valence-corrected chi connectivity index (χ2v) is 5.35. The lowest BCUT2D eigenvalue weighted by atomic mass is 9.94. The molecular weight excluding hydrogens is 238 g/mol. The molecule has 0 saturated carbocycles. The molecule has 0 saturated heterocycles. The van der Waals surface area contributed by atoms with E-state index in [2.05, 4.69) is 13.0 Å². The number of aliphatic carboxylic acids is 1. The molecule has 110 valence electrons. The van der Waals surface area contributed by atoms with Gasteiger partial charge in [0.15, 0.2) is 0 Å². The fraction of sp³-hybridized carbons (Fsp3) is 0.875. The van der Waals surface area contributed by atoms with Gasteiger partial charge < -0.3 is 5.11 Å². The Balaban J connectivity index is 3.54. The molecule has 0 aromatic carbocycles. The highest BCUT2D eigenvalue weighted by molar-refractivity contribution is 5.69. The monoisotopic (exact) mass is 267 g/mol. The zero-order chi connectivity index (χ0) is 14.3. The largest absolute Gasteiger partial charge is 0.481 e. The van der Waals surface area contributed by atoms with E-state index in [1.165, 1.54) is 12.8 Å². The SMILES string of the molecule is CCCCCCC(CCCCCCCC#N)C(=O)O. The second kappa shape index (κ2) is 13.4. The Morgan fingerprint density at radius 1 is 1.00 bits per heavy atom. The van der Waals surface area contributed by atoms with Crippen molar-refractivity contribution in [2.75, 3.05) is 0 Å². The zero-order valence-corrected chi connectivity index (χ0v) is 12.4. The number of carboxylic acid groups (broad SMARTS) is 1. The molecule has 0 aliphatic carbocycles. The van der Waals surface area contributed by atoms with Crippen LogP contribution in [0.1, 0.15) is 84.0 Å². The number of hydrogen-bond donors (Lipinski definition) is 1. The highest BCUT2D eigenvalue weighted by atomic mass is 16.4. The fourth-order valence-electron chi connectivity index (χ4n) is 2.33. The minimum absolute atomic E-state index is 0.143. The Bertz CT molecular complexity index is 258. The Morgan fingerprint density at radius 2 is 1.53 bits per heavy atom. The van der Waals surface area contributed by atoms with Crippen LogP contribution in [0.4, 0.5) is 0 Å². The molecular formula is C16H29NO2. The lowest BCUT2D eigenvalue weighted by molar-refractivity contribution is -0.142. The first kappa shape index (κ1) is 18.0. The van der Waals surface area contributed by atoms with Crippen LogP contribution in [0, 0.1) is 17.2 Å². The summed E-state index contributed by atoms with van der Waals surface area (Å²) < 4.78 is 0. The van der Waals surface area contributed by atoms with Gasteiger partial charge in [0.05, 0.1) is 12.0 Å². The summed E-state index contributed by atoms with van der Waals surface area (Å²) >= 11 is 0. The molecule has 3 heteroatoms. The molecule has 1 unspecified atom stereocenters. The van der Waals surface area contributed by atoms with Crippen molar-refractivity contribution in [3.8, 4) is 6.07 Å². The summed E-state index contributed by atoms with van der Waals surface area (Å²) in [7, 11) is 0. The van der Waals surface area contributed by atoms with Crippen molar-refractivity contribution in [1.29, 1.82) is 5.26 Å². The molecule has 0 rings (SSSR count). The topological polar surface area (TPSA) is 61.1 Å². The Labute approximate surface area is 118 Å². The van der Waals surface area contributed by atoms with Crippen LogP contribution in [0.3, 0.4) is 0 Å². The first-order valence-corrected chi connectivity index (χ1v) is 7.82. The van der Waals surface area contributed by atoms with E-state index in [1.807, 2.05) is 0 Å². The van der Waals surface area contributed by atoms with E-state index in [0.29, 0.717) is 6.42 Å². The van der Waals surface area contributed by atoms with E-state index in [0.717, 1.165) is 57.8 Å². The van der Waals surface area contributed by atoms with E-state index in [4.69, 9.17) is 10.4 Å². The summed E-state index contributed by atoms with van der Waals surface area (Å²) in [6, 6.07) is 2.15. The molecule has 0 aliphatic heterocycles. The van der Waals surface area contributed by atoms with Crippen LogP contribution in [0.2, 0.25) is 0 Å². The van der Waals surface area contributed by atoms with Crippen molar-refractivity contribution in [3.05, 3.63) is 0 Å². The third-order valence-electron chi connectivity index (χ3n) is 3.60. The van der Waals surface area contributed by atoms with Crippen LogP contribution in [0.15, 0.2) is 0 Å². The molecule has 0 spiro atoms. The average molecular weight is 267 g/mol. The number of nitrogens with zero attached hydrogens (tertiary/aromatic N) is 1. The van der Waals surface area contributed by atoms with Crippen molar-refractivity contribution in [3.63, 3.8) is 0 Å². The molecule has 1 atom stereocenters. The third kappa shape index (κ3) is 11.8. The predicted octanol–water partition coefficient (Wildman–Crippen LogP) is 4.91. The van der Waals surface area contributed by atoms with Crippen LogP contribution >= 0.6 is 0 Å². The maximum absolute atomic E-state index is 11.1. The average Bonchev–Trinajstić information content (AvgIpc) is 2.39. The maximum atomic E-state index is 11.1. The number of unbranched alkanes of at least 4 members (excludes halogenated alkanes) is 8. The maximum Gasteiger partial charge on any atom is 0.306 e. The molecule has 0 aliphatic rings. The second-order valence-electron chi connectivity index (χ2n) is 5.35. The zero-order valence-electron chi connectivity index (χ0n) is 12.4. The first-order valence-electron chi connectivity index (χ1n) is 7.82. The van der Waals surface area contributed by atoms with Crippen molar-refractivity contribution in [2.45, 2.75) is 84.0 Å². The Hall–Kier alpha value is -1.04. The van der Waals surface area contributed by atoms with Gasteiger partial charge >= 0.3 is 5.97 Å². The molecule has 19 heavy (non-hydrogen) atoms. The lowest BCUT2D eigenvalue weighted by Crippen LogP contribution is -2.13. The summed E-state index contributed by atoms with van der Waals surface area (Å²) in [5, 5.41) is 17.6. The molecule has 0 aromatic rings. The minimum Gasteiger partial charge on any atom is -0.481 e. The van der Waals surface area contributed by atoms with Gasteiger partial charge in [-0.1, -0.05) is 58.3 Å². The van der Waals surface area contributed by atoms with Crippen molar-refractivity contribution in [1.82, 2.24) is 0 Å². The van der Waals surface area contributed by atoms with E-state index < -0.39 is 5.97 Å². The van der Waals surface area contributed by atoms with Gasteiger partial charge in [-0.25, -0.2) is 0 Å². The number of hydrogen-bond acceptors (Lipinski definition) is 2. The number of carboxylic acids is 1. The summed E-state index contributed by atoms with van der Waals surface area (Å²) in [6.45, 7) is 2.17. The van der Waals surface area contributed by atoms with Crippen LogP contribution < -0.4 is 0 Å². The van der Waals surface area contributed by atoms with Crippen molar-refractivity contribution in [2.24, 2.45) is 5.92 Å². The van der Waals surface area contributed by atoms with E-state index in [-0.39, 0.29) is 5.92 Å². The fourth-order valence-corrected chi connectivity index (χ4v) is 2.33. The van der Waals surface area contributed by atoms with Gasteiger partial charge in [0, 0.05) is 6.42 Å². The van der Waals surface area contributed by atoms with Gasteiger partial charge in [0.1, 0.15) is 0 Å². The summed E-state index contributed by atoms with van der Waals surface area (Å²) in [5.74, 6) is -0.767. The number of rotatable bonds is 13. The highest BCUT2D eigenvalue weighted by Crippen LogP contribution is 2.19. The van der Waals surface area contributed by atoms with Gasteiger partial charge in [-0.05, 0) is 19.3 Å². The molecule has 0 aromatic heterocycles. The lowest BCUT2D eigenvalue weighted by Gasteiger charge is -2.11. The molecule has 3 nitrogen and oxygen atoms in total. The number of carbonyl (C=O) groups is 1. The Kier molecular flexibility index (Phi) is 12.7. The van der Waals surface area contributed by atoms with Gasteiger partial charge in [0.25, 0.3) is 0 Å². The van der Waals surface area contributed by atoms with Crippen LogP contribution in [-0.2, 0) is 4.79 Å². The summed E-state index contributed by atoms with van der Waals surface area (Å²) in [6.07, 6.45) is 12.2. The van der Waals surface area contributed by atoms with E-state index >= 15 is 0 Å².